The summed E-state index contributed by atoms with van der Waals surface area (Å²) in [5, 5.41) is 3.76. The highest BCUT2D eigenvalue weighted by Crippen LogP contribution is 2.30. The summed E-state index contributed by atoms with van der Waals surface area (Å²) < 4.78 is 0. The predicted molar refractivity (Wildman–Crippen MR) is 56.8 cm³/mol. The van der Waals surface area contributed by atoms with Gasteiger partial charge in [0.2, 0.25) is 0 Å². The number of rotatable bonds is 4. The topological polar surface area (TPSA) is 12.0 Å². The van der Waals surface area contributed by atoms with Crippen LogP contribution in [0.5, 0.6) is 0 Å². The molecule has 2 rings (SSSR count). The first kappa shape index (κ1) is 9.51. The molecular formula is C12H23N. The Labute approximate surface area is 82.3 Å². The van der Waals surface area contributed by atoms with Gasteiger partial charge < -0.3 is 5.32 Å². The smallest absolute Gasteiger partial charge is 0.00708 e. The van der Waals surface area contributed by atoms with Crippen LogP contribution in [0.15, 0.2) is 0 Å². The zero-order chi connectivity index (χ0) is 9.10. The van der Waals surface area contributed by atoms with Crippen LogP contribution in [0.4, 0.5) is 0 Å². The van der Waals surface area contributed by atoms with Crippen molar-refractivity contribution in [1.82, 2.24) is 5.32 Å². The van der Waals surface area contributed by atoms with E-state index in [-0.39, 0.29) is 0 Å². The molecule has 0 radical (unpaired) electrons. The molecule has 1 heteroatoms. The van der Waals surface area contributed by atoms with Gasteiger partial charge in [0.1, 0.15) is 0 Å². The quantitative estimate of drug-likeness (QED) is 0.702. The summed E-state index contributed by atoms with van der Waals surface area (Å²) in [6.45, 7) is 2.31. The third-order valence-electron chi connectivity index (χ3n) is 3.59. The SMILES string of the molecule is CCCC1CCC(NC2CC2)CC1. The molecule has 1 N–H and O–H groups in total. The van der Waals surface area contributed by atoms with Crippen molar-refractivity contribution in [3.05, 3.63) is 0 Å². The third kappa shape index (κ3) is 2.98. The third-order valence-corrected chi connectivity index (χ3v) is 3.59. The predicted octanol–water partition coefficient (Wildman–Crippen LogP) is 3.10. The molecule has 0 aromatic rings. The van der Waals surface area contributed by atoms with Crippen molar-refractivity contribution in [2.75, 3.05) is 0 Å². The summed E-state index contributed by atoms with van der Waals surface area (Å²) in [6.07, 6.45) is 11.6. The molecule has 1 nitrogen and oxygen atoms in total. The largest absolute Gasteiger partial charge is 0.311 e. The van der Waals surface area contributed by atoms with E-state index in [4.69, 9.17) is 0 Å². The second-order valence-corrected chi connectivity index (χ2v) is 4.95. The zero-order valence-electron chi connectivity index (χ0n) is 8.89. The molecule has 2 fully saturated rings. The Balaban J connectivity index is 1.63. The molecule has 2 saturated carbocycles. The molecular weight excluding hydrogens is 158 g/mol. The summed E-state index contributed by atoms with van der Waals surface area (Å²) in [7, 11) is 0. The van der Waals surface area contributed by atoms with Crippen molar-refractivity contribution in [3.8, 4) is 0 Å². The van der Waals surface area contributed by atoms with Crippen LogP contribution in [-0.4, -0.2) is 12.1 Å². The standard InChI is InChI=1S/C12H23N/c1-2-3-10-4-6-11(7-5-10)13-12-8-9-12/h10-13H,2-9H2,1H3. The van der Waals surface area contributed by atoms with Crippen molar-refractivity contribution in [2.24, 2.45) is 5.92 Å². The highest BCUT2D eigenvalue weighted by molar-refractivity contribution is 4.87. The summed E-state index contributed by atoms with van der Waals surface area (Å²) in [6, 6.07) is 1.79. The fourth-order valence-electron chi connectivity index (χ4n) is 2.61. The van der Waals surface area contributed by atoms with Gasteiger partial charge in [-0.1, -0.05) is 19.8 Å². The number of hydrogen-bond donors (Lipinski definition) is 1. The van der Waals surface area contributed by atoms with Gasteiger partial charge in [-0.05, 0) is 44.4 Å². The van der Waals surface area contributed by atoms with Gasteiger partial charge in [-0.2, -0.15) is 0 Å². The maximum atomic E-state index is 3.76. The Morgan fingerprint density at radius 1 is 0.923 bits per heavy atom. The minimum Gasteiger partial charge on any atom is -0.311 e. The lowest BCUT2D eigenvalue weighted by atomic mass is 9.83. The first-order valence-electron chi connectivity index (χ1n) is 6.14. The maximum Gasteiger partial charge on any atom is 0.00708 e. The normalized spacial score (nSPS) is 34.8. The van der Waals surface area contributed by atoms with Crippen LogP contribution in [0.3, 0.4) is 0 Å². The van der Waals surface area contributed by atoms with E-state index in [9.17, 15) is 0 Å². The monoisotopic (exact) mass is 181 g/mol. The van der Waals surface area contributed by atoms with E-state index in [1.807, 2.05) is 0 Å². The van der Waals surface area contributed by atoms with Crippen LogP contribution in [0, 0.1) is 5.92 Å². The second-order valence-electron chi connectivity index (χ2n) is 4.95. The van der Waals surface area contributed by atoms with Crippen LogP contribution in [-0.2, 0) is 0 Å². The zero-order valence-corrected chi connectivity index (χ0v) is 8.89. The molecule has 0 heterocycles. The van der Waals surface area contributed by atoms with E-state index in [0.717, 1.165) is 18.0 Å². The average molecular weight is 181 g/mol. The molecule has 0 aromatic heterocycles. The van der Waals surface area contributed by atoms with Gasteiger partial charge in [-0.3, -0.25) is 0 Å². The average Bonchev–Trinajstić information content (AvgIpc) is 2.93. The summed E-state index contributed by atoms with van der Waals surface area (Å²) >= 11 is 0. The first-order valence-corrected chi connectivity index (χ1v) is 6.14. The molecule has 76 valence electrons. The van der Waals surface area contributed by atoms with E-state index in [0.29, 0.717) is 0 Å². The van der Waals surface area contributed by atoms with Crippen molar-refractivity contribution >= 4 is 0 Å². The van der Waals surface area contributed by atoms with Gasteiger partial charge in [0, 0.05) is 12.1 Å². The van der Waals surface area contributed by atoms with Gasteiger partial charge in [-0.15, -0.1) is 0 Å². The van der Waals surface area contributed by atoms with Crippen molar-refractivity contribution in [1.29, 1.82) is 0 Å². The van der Waals surface area contributed by atoms with Crippen molar-refractivity contribution in [3.63, 3.8) is 0 Å². The molecule has 13 heavy (non-hydrogen) atoms. The fraction of sp³-hybridized carbons (Fsp3) is 1.00. The van der Waals surface area contributed by atoms with E-state index in [2.05, 4.69) is 12.2 Å². The highest BCUT2D eigenvalue weighted by atomic mass is 15.0. The van der Waals surface area contributed by atoms with Gasteiger partial charge in [0.05, 0.1) is 0 Å². The minimum absolute atomic E-state index is 0.876. The van der Waals surface area contributed by atoms with Gasteiger partial charge >= 0.3 is 0 Å². The Hall–Kier alpha value is -0.0400. The second kappa shape index (κ2) is 4.45. The minimum atomic E-state index is 0.876. The fourth-order valence-corrected chi connectivity index (χ4v) is 2.61. The Bertz CT molecular complexity index is 143. The Morgan fingerprint density at radius 3 is 1.92 bits per heavy atom. The molecule has 0 bridgehead atoms. The van der Waals surface area contributed by atoms with Gasteiger partial charge in [0.15, 0.2) is 0 Å². The molecule has 0 unspecified atom stereocenters. The van der Waals surface area contributed by atoms with Crippen LogP contribution in [0.25, 0.3) is 0 Å². The van der Waals surface area contributed by atoms with Crippen LogP contribution in [0.2, 0.25) is 0 Å². The maximum absolute atomic E-state index is 3.76. The molecule has 2 aliphatic carbocycles. The highest BCUT2D eigenvalue weighted by Gasteiger charge is 2.27. The summed E-state index contributed by atoms with van der Waals surface area (Å²) in [5.41, 5.74) is 0. The molecule has 0 aromatic carbocycles. The van der Waals surface area contributed by atoms with Crippen molar-refractivity contribution < 1.29 is 0 Å². The molecule has 0 saturated heterocycles. The van der Waals surface area contributed by atoms with Crippen molar-refractivity contribution in [2.45, 2.75) is 70.4 Å². The molecule has 0 atom stereocenters. The van der Waals surface area contributed by atoms with Gasteiger partial charge in [-0.25, -0.2) is 0 Å². The molecule has 0 spiro atoms. The van der Waals surface area contributed by atoms with E-state index in [1.165, 1.54) is 51.4 Å². The molecule has 0 aliphatic heterocycles. The number of nitrogens with one attached hydrogen (secondary N) is 1. The summed E-state index contributed by atoms with van der Waals surface area (Å²) in [4.78, 5) is 0. The van der Waals surface area contributed by atoms with Crippen LogP contribution >= 0.6 is 0 Å². The Morgan fingerprint density at radius 2 is 1.46 bits per heavy atom. The van der Waals surface area contributed by atoms with Crippen LogP contribution < -0.4 is 5.32 Å². The molecule has 0 amide bonds. The number of hydrogen-bond acceptors (Lipinski definition) is 1. The first-order chi connectivity index (χ1) is 6.38. The van der Waals surface area contributed by atoms with Gasteiger partial charge in [0.25, 0.3) is 0 Å². The Kier molecular flexibility index (Phi) is 3.26. The lowest BCUT2D eigenvalue weighted by Crippen LogP contribution is -2.34. The van der Waals surface area contributed by atoms with E-state index < -0.39 is 0 Å². The molecule has 2 aliphatic rings. The lowest BCUT2D eigenvalue weighted by molar-refractivity contribution is 0.277. The summed E-state index contributed by atoms with van der Waals surface area (Å²) in [5.74, 6) is 1.06. The lowest BCUT2D eigenvalue weighted by Gasteiger charge is -2.29. The van der Waals surface area contributed by atoms with Crippen LogP contribution in [0.1, 0.15) is 58.3 Å². The van der Waals surface area contributed by atoms with E-state index in [1.54, 1.807) is 0 Å². The van der Waals surface area contributed by atoms with E-state index >= 15 is 0 Å².